The number of hydrogen-bond acceptors (Lipinski definition) is 7. The predicted molar refractivity (Wildman–Crippen MR) is 110 cm³/mol. The lowest BCUT2D eigenvalue weighted by atomic mass is 10.2. The van der Waals surface area contributed by atoms with Crippen molar-refractivity contribution in [1.29, 1.82) is 0 Å². The second-order valence-electron chi connectivity index (χ2n) is 5.73. The van der Waals surface area contributed by atoms with Gasteiger partial charge in [-0.05, 0) is 54.8 Å². The predicted octanol–water partition coefficient (Wildman–Crippen LogP) is 5.20. The number of aromatic nitrogens is 2. The smallest absolute Gasteiger partial charge is 0.348 e. The number of ether oxygens (including phenoxy) is 1. The van der Waals surface area contributed by atoms with E-state index >= 15 is 0 Å². The van der Waals surface area contributed by atoms with Gasteiger partial charge in [0.15, 0.2) is 6.29 Å². The number of esters is 1. The number of carbonyl (C=O) groups is 2. The molecule has 4 heterocycles. The van der Waals surface area contributed by atoms with Crippen LogP contribution in [0, 0.1) is 13.8 Å². The zero-order chi connectivity index (χ0) is 19.4. The maximum absolute atomic E-state index is 11.6. The Morgan fingerprint density at radius 3 is 2.15 bits per heavy atom. The van der Waals surface area contributed by atoms with E-state index < -0.39 is 0 Å². The number of nitrogens with zero attached hydrogens (tertiary/aromatic N) is 2. The fourth-order valence-electron chi connectivity index (χ4n) is 2.68. The second-order valence-corrected chi connectivity index (χ2v) is 7.87. The molecular formula is C20H18N2O3S2. The molecular weight excluding hydrogens is 380 g/mol. The van der Waals surface area contributed by atoms with Gasteiger partial charge in [0, 0.05) is 24.8 Å². The van der Waals surface area contributed by atoms with Gasteiger partial charge in [-0.2, -0.15) is 0 Å². The summed E-state index contributed by atoms with van der Waals surface area (Å²) in [5.74, 6) is -0.240. The summed E-state index contributed by atoms with van der Waals surface area (Å²) < 4.78 is 7.10. The summed E-state index contributed by atoms with van der Waals surface area (Å²) in [4.78, 5) is 31.7. The van der Waals surface area contributed by atoms with Gasteiger partial charge in [0.25, 0.3) is 0 Å². The van der Waals surface area contributed by atoms with Crippen LogP contribution in [0.1, 0.15) is 37.4 Å². The van der Waals surface area contributed by atoms with Crippen LogP contribution in [0.5, 0.6) is 0 Å². The van der Waals surface area contributed by atoms with E-state index in [1.165, 1.54) is 22.7 Å². The number of hydrogen-bond donors (Lipinski definition) is 0. The molecule has 5 nitrogen and oxygen atoms in total. The maximum atomic E-state index is 11.6. The lowest BCUT2D eigenvalue weighted by Crippen LogP contribution is -2.03. The number of aldehydes is 1. The van der Waals surface area contributed by atoms with E-state index in [9.17, 15) is 9.59 Å². The first-order chi connectivity index (χ1) is 13.1. The monoisotopic (exact) mass is 398 g/mol. The standard InChI is InChI=1S/C11H11NO2S.C9H7NOS/c1-3-14-11(13)10-7(2)8-4-5-12-6-9(8)15-10;1-6-7-2-3-10-4-8(7)12-9(6)5-11/h4-6H,3H2,1-2H3;2-5H,1H3. The van der Waals surface area contributed by atoms with E-state index in [2.05, 4.69) is 9.97 Å². The summed E-state index contributed by atoms with van der Waals surface area (Å²) in [6.45, 7) is 6.11. The van der Waals surface area contributed by atoms with Crippen LogP contribution < -0.4 is 0 Å². The third-order valence-corrected chi connectivity index (χ3v) is 6.48. The highest BCUT2D eigenvalue weighted by Crippen LogP contribution is 2.30. The molecule has 0 aliphatic rings. The Labute approximate surface area is 164 Å². The number of carbonyl (C=O) groups excluding carboxylic acids is 2. The number of thiophene rings is 2. The Bertz CT molecular complexity index is 1120. The van der Waals surface area contributed by atoms with Gasteiger partial charge in [-0.1, -0.05) is 0 Å². The zero-order valence-electron chi connectivity index (χ0n) is 15.2. The van der Waals surface area contributed by atoms with E-state index in [1.807, 2.05) is 32.9 Å². The highest BCUT2D eigenvalue weighted by molar-refractivity contribution is 7.21. The van der Waals surface area contributed by atoms with Crippen molar-refractivity contribution in [2.24, 2.45) is 0 Å². The van der Waals surface area contributed by atoms with Crippen molar-refractivity contribution in [2.45, 2.75) is 20.8 Å². The van der Waals surface area contributed by atoms with Gasteiger partial charge in [0.05, 0.1) is 20.9 Å². The lowest BCUT2D eigenvalue weighted by Gasteiger charge is -1.98. The molecule has 27 heavy (non-hydrogen) atoms. The van der Waals surface area contributed by atoms with Gasteiger partial charge in [-0.3, -0.25) is 14.8 Å². The quantitative estimate of drug-likeness (QED) is 0.350. The molecule has 0 aliphatic carbocycles. The average molecular weight is 399 g/mol. The number of fused-ring (bicyclic) bond motifs is 2. The molecule has 0 atom stereocenters. The molecule has 0 saturated heterocycles. The average Bonchev–Trinajstić information content (AvgIpc) is 3.20. The van der Waals surface area contributed by atoms with Gasteiger partial charge >= 0.3 is 5.97 Å². The minimum absolute atomic E-state index is 0.240. The summed E-state index contributed by atoms with van der Waals surface area (Å²) in [5, 5.41) is 2.22. The number of aryl methyl sites for hydroxylation is 2. The summed E-state index contributed by atoms with van der Waals surface area (Å²) in [6, 6.07) is 3.86. The van der Waals surface area contributed by atoms with Gasteiger partial charge in [0.2, 0.25) is 0 Å². The van der Waals surface area contributed by atoms with Crippen LogP contribution in [-0.4, -0.2) is 28.8 Å². The molecule has 0 aromatic carbocycles. The minimum Gasteiger partial charge on any atom is -0.462 e. The Morgan fingerprint density at radius 1 is 1.04 bits per heavy atom. The lowest BCUT2D eigenvalue weighted by molar-refractivity contribution is 0.0531. The van der Waals surface area contributed by atoms with E-state index in [0.717, 1.165) is 42.5 Å². The SMILES string of the molecule is CCOC(=O)c1sc2cnccc2c1C.Cc1c(C=O)sc2cnccc12. The van der Waals surface area contributed by atoms with Crippen molar-refractivity contribution in [3.63, 3.8) is 0 Å². The fraction of sp³-hybridized carbons (Fsp3) is 0.200. The normalized spacial score (nSPS) is 10.5. The largest absolute Gasteiger partial charge is 0.462 e. The van der Waals surface area contributed by atoms with E-state index in [-0.39, 0.29) is 5.97 Å². The maximum Gasteiger partial charge on any atom is 0.348 e. The molecule has 0 N–H and O–H groups in total. The van der Waals surface area contributed by atoms with E-state index in [0.29, 0.717) is 11.5 Å². The van der Waals surface area contributed by atoms with Crippen LogP contribution in [0.3, 0.4) is 0 Å². The summed E-state index contributed by atoms with van der Waals surface area (Å²) in [7, 11) is 0. The molecule has 138 valence electrons. The first-order valence-electron chi connectivity index (χ1n) is 8.35. The van der Waals surface area contributed by atoms with Crippen molar-refractivity contribution >= 4 is 55.1 Å². The molecule has 0 bridgehead atoms. The van der Waals surface area contributed by atoms with E-state index in [1.54, 1.807) is 24.8 Å². The van der Waals surface area contributed by atoms with Crippen molar-refractivity contribution in [2.75, 3.05) is 6.61 Å². The molecule has 0 fully saturated rings. The van der Waals surface area contributed by atoms with Gasteiger partial charge < -0.3 is 4.74 Å². The topological polar surface area (TPSA) is 69.2 Å². The summed E-state index contributed by atoms with van der Waals surface area (Å²) >= 11 is 2.93. The first kappa shape index (κ1) is 19.1. The van der Waals surface area contributed by atoms with Crippen LogP contribution in [0.25, 0.3) is 20.2 Å². The molecule has 0 saturated carbocycles. The highest BCUT2D eigenvalue weighted by Gasteiger charge is 2.15. The summed E-state index contributed by atoms with van der Waals surface area (Å²) in [6.07, 6.45) is 7.95. The molecule has 7 heteroatoms. The number of rotatable bonds is 3. The third kappa shape index (κ3) is 3.89. The van der Waals surface area contributed by atoms with Gasteiger partial charge in [-0.15, -0.1) is 22.7 Å². The molecule has 4 aromatic rings. The molecule has 0 aliphatic heterocycles. The van der Waals surface area contributed by atoms with Crippen LogP contribution in [0.4, 0.5) is 0 Å². The van der Waals surface area contributed by atoms with Gasteiger partial charge in [-0.25, -0.2) is 4.79 Å². The first-order valence-corrected chi connectivity index (χ1v) is 9.98. The van der Waals surface area contributed by atoms with Crippen molar-refractivity contribution in [1.82, 2.24) is 9.97 Å². The Hall–Kier alpha value is -2.64. The highest BCUT2D eigenvalue weighted by atomic mass is 32.1. The molecule has 0 radical (unpaired) electrons. The molecule has 0 amide bonds. The zero-order valence-corrected chi connectivity index (χ0v) is 16.8. The van der Waals surface area contributed by atoms with E-state index in [4.69, 9.17) is 4.74 Å². The van der Waals surface area contributed by atoms with Crippen LogP contribution >= 0.6 is 22.7 Å². The Morgan fingerprint density at radius 2 is 1.63 bits per heavy atom. The third-order valence-electron chi connectivity index (χ3n) is 4.09. The molecule has 0 spiro atoms. The molecule has 4 rings (SSSR count). The number of pyridine rings is 2. The summed E-state index contributed by atoms with van der Waals surface area (Å²) in [5.41, 5.74) is 2.04. The van der Waals surface area contributed by atoms with Crippen molar-refractivity contribution < 1.29 is 14.3 Å². The molecule has 4 aromatic heterocycles. The van der Waals surface area contributed by atoms with Crippen molar-refractivity contribution in [3.8, 4) is 0 Å². The fourth-order valence-corrected chi connectivity index (χ4v) is 4.75. The van der Waals surface area contributed by atoms with Crippen LogP contribution in [0.2, 0.25) is 0 Å². The Balaban J connectivity index is 0.000000159. The second kappa shape index (κ2) is 8.37. The van der Waals surface area contributed by atoms with Gasteiger partial charge in [0.1, 0.15) is 4.88 Å². The minimum atomic E-state index is -0.240. The molecule has 0 unspecified atom stereocenters. The van der Waals surface area contributed by atoms with Crippen LogP contribution in [-0.2, 0) is 4.74 Å². The van der Waals surface area contributed by atoms with Crippen LogP contribution in [0.15, 0.2) is 36.9 Å². The van der Waals surface area contributed by atoms with Crippen molar-refractivity contribution in [3.05, 3.63) is 57.8 Å². The Kier molecular flexibility index (Phi) is 5.93.